The summed E-state index contributed by atoms with van der Waals surface area (Å²) >= 11 is 0. The van der Waals surface area contributed by atoms with E-state index in [9.17, 15) is 9.90 Å². The lowest BCUT2D eigenvalue weighted by Crippen LogP contribution is -2.17. The van der Waals surface area contributed by atoms with Crippen LogP contribution in [0.25, 0.3) is 0 Å². The van der Waals surface area contributed by atoms with Gasteiger partial charge in [0.1, 0.15) is 5.75 Å². The molecular formula is C15H16N2O2. The quantitative estimate of drug-likeness (QED) is 0.812. The molecule has 4 nitrogen and oxygen atoms in total. The Morgan fingerprint density at radius 3 is 2.74 bits per heavy atom. The molecule has 2 N–H and O–H groups in total. The van der Waals surface area contributed by atoms with Crippen LogP contribution in [0.1, 0.15) is 28.9 Å². The molecule has 0 spiro atoms. The second-order valence-corrected chi connectivity index (χ2v) is 4.83. The average Bonchev–Trinajstić information content (AvgIpc) is 2.85. The summed E-state index contributed by atoms with van der Waals surface area (Å²) in [5.41, 5.74) is 2.58. The number of carbonyl (C=O) groups is 1. The van der Waals surface area contributed by atoms with Gasteiger partial charge in [0.05, 0.1) is 5.56 Å². The molecule has 1 aliphatic heterocycles. The molecule has 3 rings (SSSR count). The van der Waals surface area contributed by atoms with E-state index in [0.717, 1.165) is 30.6 Å². The van der Waals surface area contributed by atoms with Crippen LogP contribution in [0, 0.1) is 0 Å². The number of hydrogen-bond acceptors (Lipinski definition) is 2. The van der Waals surface area contributed by atoms with E-state index in [1.807, 2.05) is 12.3 Å². The zero-order valence-corrected chi connectivity index (χ0v) is 10.6. The van der Waals surface area contributed by atoms with E-state index in [4.69, 9.17) is 0 Å². The summed E-state index contributed by atoms with van der Waals surface area (Å²) in [6.07, 6.45) is 5.27. The summed E-state index contributed by atoms with van der Waals surface area (Å²) in [6.45, 7) is 1.00. The molecule has 0 radical (unpaired) electrons. The minimum absolute atomic E-state index is 0.0821. The number of phenolic OH excluding ortho intramolecular Hbond substituents is 1. The van der Waals surface area contributed by atoms with Gasteiger partial charge < -0.3 is 15.0 Å². The number of rotatable bonds is 2. The third-order valence-electron chi connectivity index (χ3n) is 3.51. The van der Waals surface area contributed by atoms with Crippen molar-refractivity contribution in [1.82, 2.24) is 4.57 Å². The van der Waals surface area contributed by atoms with E-state index in [-0.39, 0.29) is 11.7 Å². The van der Waals surface area contributed by atoms with Crippen LogP contribution in [0.15, 0.2) is 36.5 Å². The Kier molecular flexibility index (Phi) is 2.99. The van der Waals surface area contributed by atoms with E-state index < -0.39 is 0 Å². The molecule has 2 aromatic rings. The van der Waals surface area contributed by atoms with Gasteiger partial charge in [-0.15, -0.1) is 0 Å². The lowest BCUT2D eigenvalue weighted by Gasteiger charge is -2.16. The zero-order chi connectivity index (χ0) is 13.2. The molecule has 1 amide bonds. The lowest BCUT2D eigenvalue weighted by molar-refractivity contribution is 0.102. The van der Waals surface area contributed by atoms with Crippen molar-refractivity contribution in [3.05, 3.63) is 47.8 Å². The molecule has 0 atom stereocenters. The molecule has 0 bridgehead atoms. The summed E-state index contributed by atoms with van der Waals surface area (Å²) in [7, 11) is 0. The first-order chi connectivity index (χ1) is 9.24. The average molecular weight is 256 g/mol. The van der Waals surface area contributed by atoms with Crippen LogP contribution in [0.4, 0.5) is 5.69 Å². The molecule has 2 heterocycles. The number of aryl methyl sites for hydroxylation is 1. The van der Waals surface area contributed by atoms with Crippen LogP contribution in [0.2, 0.25) is 0 Å². The summed E-state index contributed by atoms with van der Waals surface area (Å²) in [5, 5.41) is 12.1. The molecular weight excluding hydrogens is 240 g/mol. The number of benzene rings is 1. The van der Waals surface area contributed by atoms with E-state index in [2.05, 4.69) is 9.88 Å². The maximum absolute atomic E-state index is 12.2. The van der Waals surface area contributed by atoms with Gasteiger partial charge in [0.2, 0.25) is 0 Å². The minimum Gasteiger partial charge on any atom is -0.508 e. The Morgan fingerprint density at radius 2 is 1.95 bits per heavy atom. The van der Waals surface area contributed by atoms with Crippen molar-refractivity contribution in [1.29, 1.82) is 0 Å². The number of aromatic nitrogens is 1. The molecule has 1 aliphatic rings. The van der Waals surface area contributed by atoms with Crippen molar-refractivity contribution in [3.63, 3.8) is 0 Å². The first-order valence-corrected chi connectivity index (χ1v) is 6.52. The Morgan fingerprint density at radius 1 is 1.16 bits per heavy atom. The number of phenols is 1. The van der Waals surface area contributed by atoms with Gasteiger partial charge in [0, 0.05) is 24.1 Å². The van der Waals surface area contributed by atoms with Crippen LogP contribution in [0.3, 0.4) is 0 Å². The summed E-state index contributed by atoms with van der Waals surface area (Å²) in [4.78, 5) is 12.2. The Labute approximate surface area is 111 Å². The predicted octanol–water partition coefficient (Wildman–Crippen LogP) is 2.78. The first kappa shape index (κ1) is 11.8. The van der Waals surface area contributed by atoms with Crippen molar-refractivity contribution in [3.8, 4) is 5.75 Å². The van der Waals surface area contributed by atoms with Crippen molar-refractivity contribution in [2.45, 2.75) is 25.8 Å². The fourth-order valence-corrected chi connectivity index (χ4v) is 2.52. The molecule has 0 saturated heterocycles. The van der Waals surface area contributed by atoms with E-state index in [1.165, 1.54) is 6.42 Å². The van der Waals surface area contributed by atoms with Gasteiger partial charge >= 0.3 is 0 Å². The maximum Gasteiger partial charge on any atom is 0.257 e. The van der Waals surface area contributed by atoms with Crippen molar-refractivity contribution < 1.29 is 9.90 Å². The fourth-order valence-electron chi connectivity index (χ4n) is 2.52. The zero-order valence-electron chi connectivity index (χ0n) is 10.6. The van der Waals surface area contributed by atoms with Crippen molar-refractivity contribution >= 4 is 11.6 Å². The largest absolute Gasteiger partial charge is 0.508 e. The van der Waals surface area contributed by atoms with Gasteiger partial charge in [-0.1, -0.05) is 0 Å². The molecule has 0 unspecified atom stereocenters. The maximum atomic E-state index is 12.2. The number of carbonyl (C=O) groups excluding carboxylic acids is 1. The van der Waals surface area contributed by atoms with Crippen LogP contribution in [-0.4, -0.2) is 15.6 Å². The highest BCUT2D eigenvalue weighted by Crippen LogP contribution is 2.21. The molecule has 1 aromatic heterocycles. The summed E-state index contributed by atoms with van der Waals surface area (Å²) in [6, 6.07) is 8.39. The number of nitrogens with zero attached hydrogens (tertiary/aromatic N) is 1. The molecule has 19 heavy (non-hydrogen) atoms. The van der Waals surface area contributed by atoms with Gasteiger partial charge in [0.25, 0.3) is 5.91 Å². The Bertz CT molecular complexity index is 599. The second kappa shape index (κ2) is 4.80. The predicted molar refractivity (Wildman–Crippen MR) is 73.4 cm³/mol. The van der Waals surface area contributed by atoms with Gasteiger partial charge in [0.15, 0.2) is 0 Å². The highest BCUT2D eigenvalue weighted by molar-refractivity contribution is 6.05. The number of aromatic hydroxyl groups is 1. The van der Waals surface area contributed by atoms with E-state index in [1.54, 1.807) is 24.3 Å². The van der Waals surface area contributed by atoms with Crippen molar-refractivity contribution in [2.24, 2.45) is 0 Å². The topological polar surface area (TPSA) is 54.3 Å². The summed E-state index contributed by atoms with van der Waals surface area (Å²) in [5.74, 6) is 0.112. The minimum atomic E-state index is -0.0821. The monoisotopic (exact) mass is 256 g/mol. The highest BCUT2D eigenvalue weighted by Gasteiger charge is 2.18. The third kappa shape index (κ3) is 2.34. The van der Waals surface area contributed by atoms with Gasteiger partial charge in [-0.2, -0.15) is 0 Å². The number of fused-ring (bicyclic) bond motifs is 1. The lowest BCUT2D eigenvalue weighted by atomic mass is 10.1. The number of amides is 1. The SMILES string of the molecule is O=C(Nc1ccc(O)cc1)c1ccn2c1CCCC2. The van der Waals surface area contributed by atoms with Gasteiger partial charge in [-0.05, 0) is 49.6 Å². The number of nitrogens with one attached hydrogen (secondary N) is 1. The van der Waals surface area contributed by atoms with Crippen LogP contribution < -0.4 is 5.32 Å². The highest BCUT2D eigenvalue weighted by atomic mass is 16.3. The Balaban J connectivity index is 1.80. The Hall–Kier alpha value is -2.23. The standard InChI is InChI=1S/C15H16N2O2/c18-12-6-4-11(5-7-12)16-15(19)13-8-10-17-9-2-1-3-14(13)17/h4-8,10,18H,1-3,9H2,(H,16,19). The number of anilines is 1. The molecule has 4 heteroatoms. The van der Waals surface area contributed by atoms with Gasteiger partial charge in [-0.25, -0.2) is 0 Å². The molecule has 0 aliphatic carbocycles. The van der Waals surface area contributed by atoms with E-state index >= 15 is 0 Å². The molecule has 1 aromatic carbocycles. The fraction of sp³-hybridized carbons (Fsp3) is 0.267. The van der Waals surface area contributed by atoms with Gasteiger partial charge in [-0.3, -0.25) is 4.79 Å². The second-order valence-electron chi connectivity index (χ2n) is 4.83. The molecule has 0 fully saturated rings. The van der Waals surface area contributed by atoms with Crippen LogP contribution in [0.5, 0.6) is 5.75 Å². The van der Waals surface area contributed by atoms with E-state index in [0.29, 0.717) is 5.69 Å². The van der Waals surface area contributed by atoms with Crippen LogP contribution >= 0.6 is 0 Å². The van der Waals surface area contributed by atoms with Crippen LogP contribution in [-0.2, 0) is 13.0 Å². The normalized spacial score (nSPS) is 13.9. The third-order valence-corrected chi connectivity index (χ3v) is 3.51. The molecule has 0 saturated carbocycles. The first-order valence-electron chi connectivity index (χ1n) is 6.52. The smallest absolute Gasteiger partial charge is 0.257 e. The van der Waals surface area contributed by atoms with Crippen molar-refractivity contribution in [2.75, 3.05) is 5.32 Å². The number of hydrogen-bond donors (Lipinski definition) is 2. The molecule has 98 valence electrons. The summed E-state index contributed by atoms with van der Waals surface area (Å²) < 4.78 is 2.16.